The van der Waals surface area contributed by atoms with E-state index >= 15 is 0 Å². The Kier molecular flexibility index (Phi) is 3.72. The van der Waals surface area contributed by atoms with Crippen molar-refractivity contribution in [1.29, 1.82) is 0 Å². The monoisotopic (exact) mass is 312 g/mol. The van der Waals surface area contributed by atoms with Crippen molar-refractivity contribution in [3.63, 3.8) is 0 Å². The maximum Gasteiger partial charge on any atom is 0.513 e. The normalized spacial score (nSPS) is 10.5. The number of hydrogen-bond donors (Lipinski definition) is 1. The molecule has 0 aliphatic carbocycles. The Morgan fingerprint density at radius 3 is 1.52 bits per heavy atom. The Morgan fingerprint density at radius 1 is 0.783 bits per heavy atom. The molecule has 3 aromatic carbocycles. The third-order valence-electron chi connectivity index (χ3n) is 3.37. The molecule has 0 fully saturated rings. The molecule has 0 aliphatic rings. The van der Waals surface area contributed by atoms with Crippen molar-refractivity contribution in [3.05, 3.63) is 48.5 Å². The maximum absolute atomic E-state index is 11.6. The number of carboxylic acid groups (broad SMARTS) is 1. The Balaban J connectivity index is 2.41. The first-order valence-electron chi connectivity index (χ1n) is 6.72. The van der Waals surface area contributed by atoms with Gasteiger partial charge >= 0.3 is 12.3 Å². The molecule has 3 rings (SSSR count). The van der Waals surface area contributed by atoms with Crippen LogP contribution in [0.25, 0.3) is 21.5 Å². The smallest absolute Gasteiger partial charge is 0.449 e. The van der Waals surface area contributed by atoms with Crippen molar-refractivity contribution in [3.8, 4) is 11.5 Å². The van der Waals surface area contributed by atoms with Gasteiger partial charge in [-0.1, -0.05) is 48.5 Å². The van der Waals surface area contributed by atoms with E-state index in [0.29, 0.717) is 27.3 Å². The summed E-state index contributed by atoms with van der Waals surface area (Å²) in [6.45, 7) is 0. The van der Waals surface area contributed by atoms with Crippen molar-refractivity contribution in [2.24, 2.45) is 0 Å². The van der Waals surface area contributed by atoms with Crippen LogP contribution in [0.1, 0.15) is 0 Å². The van der Waals surface area contributed by atoms with Crippen LogP contribution in [-0.4, -0.2) is 24.5 Å². The number of methoxy groups -OCH3 is 1. The van der Waals surface area contributed by atoms with Gasteiger partial charge in [0.25, 0.3) is 0 Å². The van der Waals surface area contributed by atoms with E-state index in [9.17, 15) is 9.59 Å². The van der Waals surface area contributed by atoms with Crippen molar-refractivity contribution in [2.45, 2.75) is 0 Å². The molecule has 6 nitrogen and oxygen atoms in total. The Hall–Kier alpha value is -3.28. The SMILES string of the molecule is COC(=O)Oc1c2ccccc2c(OC(=O)O)c2ccccc12. The second kappa shape index (κ2) is 5.84. The molecule has 0 saturated heterocycles. The summed E-state index contributed by atoms with van der Waals surface area (Å²) in [5.41, 5.74) is 0. The highest BCUT2D eigenvalue weighted by Gasteiger charge is 2.19. The molecule has 0 heterocycles. The number of rotatable bonds is 2. The van der Waals surface area contributed by atoms with Crippen LogP contribution in [-0.2, 0) is 4.74 Å². The number of ether oxygens (including phenoxy) is 3. The summed E-state index contributed by atoms with van der Waals surface area (Å²) in [4.78, 5) is 22.6. The van der Waals surface area contributed by atoms with Crippen molar-refractivity contribution in [2.75, 3.05) is 7.11 Å². The number of fused-ring (bicyclic) bond motifs is 2. The van der Waals surface area contributed by atoms with E-state index in [1.165, 1.54) is 7.11 Å². The average Bonchev–Trinajstić information content (AvgIpc) is 2.57. The number of carbonyl (C=O) groups excluding carboxylic acids is 1. The molecule has 0 aromatic heterocycles. The fourth-order valence-corrected chi connectivity index (χ4v) is 2.48. The Morgan fingerprint density at radius 2 is 1.17 bits per heavy atom. The van der Waals surface area contributed by atoms with Crippen molar-refractivity contribution >= 4 is 33.9 Å². The summed E-state index contributed by atoms with van der Waals surface area (Å²) >= 11 is 0. The molecule has 0 atom stereocenters. The van der Waals surface area contributed by atoms with Crippen LogP contribution >= 0.6 is 0 Å². The third kappa shape index (κ3) is 2.62. The van der Waals surface area contributed by atoms with E-state index in [1.54, 1.807) is 48.5 Å². The van der Waals surface area contributed by atoms with Crippen LogP contribution in [0.3, 0.4) is 0 Å². The summed E-state index contributed by atoms with van der Waals surface area (Å²) in [5.74, 6) is 0.488. The van der Waals surface area contributed by atoms with Gasteiger partial charge in [0.2, 0.25) is 0 Å². The van der Waals surface area contributed by atoms with E-state index in [-0.39, 0.29) is 5.75 Å². The predicted molar refractivity (Wildman–Crippen MR) is 83.1 cm³/mol. The molecule has 0 unspecified atom stereocenters. The molecule has 0 radical (unpaired) electrons. The highest BCUT2D eigenvalue weighted by molar-refractivity contribution is 6.12. The lowest BCUT2D eigenvalue weighted by Crippen LogP contribution is -2.09. The van der Waals surface area contributed by atoms with E-state index in [1.807, 2.05) is 0 Å². The minimum absolute atomic E-state index is 0.195. The second-order valence-electron chi connectivity index (χ2n) is 4.67. The van der Waals surface area contributed by atoms with E-state index in [4.69, 9.17) is 14.6 Å². The van der Waals surface area contributed by atoms with Crippen molar-refractivity contribution in [1.82, 2.24) is 0 Å². The molecule has 0 spiro atoms. The van der Waals surface area contributed by atoms with Gasteiger partial charge in [0.05, 0.1) is 7.11 Å². The summed E-state index contributed by atoms with van der Waals surface area (Å²) in [5, 5.41) is 11.2. The first kappa shape index (κ1) is 14.6. The van der Waals surface area contributed by atoms with Gasteiger partial charge in [-0.25, -0.2) is 9.59 Å². The quantitative estimate of drug-likeness (QED) is 0.434. The zero-order valence-electron chi connectivity index (χ0n) is 12.1. The van der Waals surface area contributed by atoms with Crippen LogP contribution in [0.15, 0.2) is 48.5 Å². The van der Waals surface area contributed by atoms with Gasteiger partial charge in [-0.15, -0.1) is 0 Å². The fourth-order valence-electron chi connectivity index (χ4n) is 2.48. The number of benzene rings is 3. The van der Waals surface area contributed by atoms with E-state index in [2.05, 4.69) is 4.74 Å². The molecule has 1 N–H and O–H groups in total. The van der Waals surface area contributed by atoms with Crippen molar-refractivity contribution < 1.29 is 28.9 Å². The van der Waals surface area contributed by atoms with Crippen LogP contribution in [0.2, 0.25) is 0 Å². The Bertz CT molecular complexity index is 858. The molecule has 23 heavy (non-hydrogen) atoms. The minimum Gasteiger partial charge on any atom is -0.449 e. The molecule has 3 aromatic rings. The van der Waals surface area contributed by atoms with Crippen LogP contribution in [0.5, 0.6) is 11.5 Å². The highest BCUT2D eigenvalue weighted by Crippen LogP contribution is 2.42. The lowest BCUT2D eigenvalue weighted by molar-refractivity contribution is 0.122. The first-order chi connectivity index (χ1) is 11.1. The summed E-state index contributed by atoms with van der Waals surface area (Å²) in [6, 6.07) is 13.8. The highest BCUT2D eigenvalue weighted by atomic mass is 16.7. The molecular weight excluding hydrogens is 300 g/mol. The molecular formula is C17H12O6. The van der Waals surface area contributed by atoms with Gasteiger partial charge in [-0.3, -0.25) is 0 Å². The minimum atomic E-state index is -1.41. The lowest BCUT2D eigenvalue weighted by Gasteiger charge is -2.14. The van der Waals surface area contributed by atoms with Crippen LogP contribution in [0, 0.1) is 0 Å². The largest absolute Gasteiger partial charge is 0.513 e. The lowest BCUT2D eigenvalue weighted by atomic mass is 10.0. The van der Waals surface area contributed by atoms with Gasteiger partial charge in [0, 0.05) is 21.5 Å². The summed E-state index contributed by atoms with van der Waals surface area (Å²) < 4.78 is 14.8. The molecule has 0 aliphatic heterocycles. The van der Waals surface area contributed by atoms with Gasteiger partial charge in [-0.05, 0) is 0 Å². The molecule has 0 saturated carbocycles. The topological polar surface area (TPSA) is 82.1 Å². The molecule has 0 bridgehead atoms. The number of carbonyl (C=O) groups is 2. The number of hydrogen-bond acceptors (Lipinski definition) is 5. The van der Waals surface area contributed by atoms with Gasteiger partial charge in [0.1, 0.15) is 11.5 Å². The van der Waals surface area contributed by atoms with E-state index in [0.717, 1.165) is 0 Å². The van der Waals surface area contributed by atoms with Gasteiger partial charge in [0.15, 0.2) is 0 Å². The zero-order valence-corrected chi connectivity index (χ0v) is 12.1. The zero-order chi connectivity index (χ0) is 16.4. The first-order valence-corrected chi connectivity index (χ1v) is 6.72. The van der Waals surface area contributed by atoms with Gasteiger partial charge < -0.3 is 19.3 Å². The molecule has 6 heteroatoms. The second-order valence-corrected chi connectivity index (χ2v) is 4.67. The predicted octanol–water partition coefficient (Wildman–Crippen LogP) is 4.20. The van der Waals surface area contributed by atoms with Crippen LogP contribution < -0.4 is 9.47 Å². The maximum atomic E-state index is 11.6. The van der Waals surface area contributed by atoms with Gasteiger partial charge in [-0.2, -0.15) is 0 Å². The summed E-state index contributed by atoms with van der Waals surface area (Å²) in [7, 11) is 1.22. The summed E-state index contributed by atoms with van der Waals surface area (Å²) in [6.07, 6.45) is -2.27. The standard InChI is InChI=1S/C17H12O6/c1-21-17(20)23-15-12-8-4-2-6-10(12)14(22-16(18)19)11-7-3-5-9-13(11)15/h2-9H,1H3,(H,18,19). The third-order valence-corrected chi connectivity index (χ3v) is 3.37. The molecule has 116 valence electrons. The van der Waals surface area contributed by atoms with Crippen LogP contribution in [0.4, 0.5) is 9.59 Å². The van der Waals surface area contributed by atoms with E-state index < -0.39 is 12.3 Å². The Labute approximate surface area is 130 Å². The average molecular weight is 312 g/mol. The molecule has 0 amide bonds. The fraction of sp³-hybridized carbons (Fsp3) is 0.0588.